The molecule has 0 spiro atoms. The Bertz CT molecular complexity index is 580. The zero-order valence-electron chi connectivity index (χ0n) is 10.2. The maximum atomic E-state index is 12.0. The lowest BCUT2D eigenvalue weighted by Gasteiger charge is -1.99. The van der Waals surface area contributed by atoms with Crippen LogP contribution in [0.15, 0.2) is 39.8 Å². The van der Waals surface area contributed by atoms with Crippen LogP contribution in [0.25, 0.3) is 0 Å². The summed E-state index contributed by atoms with van der Waals surface area (Å²) in [6.07, 6.45) is 0. The fraction of sp³-hybridized carbons (Fsp3) is 0.154. The van der Waals surface area contributed by atoms with Crippen molar-refractivity contribution in [3.05, 3.63) is 52.9 Å². The Morgan fingerprint density at radius 3 is 2.50 bits per heavy atom. The van der Waals surface area contributed by atoms with Gasteiger partial charge in [0.25, 0.3) is 5.91 Å². The predicted molar refractivity (Wildman–Crippen MR) is 67.5 cm³/mol. The molecule has 5 heteroatoms. The Balaban J connectivity index is 2.32. The fourth-order valence-electron chi connectivity index (χ4n) is 1.63. The van der Waals surface area contributed by atoms with Crippen LogP contribution in [0.4, 0.5) is 0 Å². The van der Waals surface area contributed by atoms with Gasteiger partial charge >= 0.3 is 0 Å². The predicted octanol–water partition coefficient (Wildman–Crippen LogP) is 1.84. The van der Waals surface area contributed by atoms with Gasteiger partial charge in [0.15, 0.2) is 0 Å². The standard InChI is InChI=1S/C13H13N3O2/c1-8-11(9(2)18-16-8)13(17)15-12(14)10-6-4-3-5-7-10/h3-7H,1-2H3,(H2,14,15,17). The Labute approximate surface area is 104 Å². The molecule has 0 saturated heterocycles. The lowest BCUT2D eigenvalue weighted by atomic mass is 10.2. The summed E-state index contributed by atoms with van der Waals surface area (Å²) in [6, 6.07) is 9.11. The molecule has 0 saturated carbocycles. The molecular weight excluding hydrogens is 230 g/mol. The van der Waals surface area contributed by atoms with Crippen LogP contribution in [-0.4, -0.2) is 16.9 Å². The number of nitrogens with two attached hydrogens (primary N) is 1. The summed E-state index contributed by atoms with van der Waals surface area (Å²) in [5.74, 6) is 0.190. The average Bonchev–Trinajstić information content (AvgIpc) is 2.70. The largest absolute Gasteiger partial charge is 0.383 e. The van der Waals surface area contributed by atoms with Crippen LogP contribution in [-0.2, 0) is 0 Å². The van der Waals surface area contributed by atoms with Gasteiger partial charge in [-0.15, -0.1) is 0 Å². The lowest BCUT2D eigenvalue weighted by molar-refractivity contribution is 0.100. The minimum absolute atomic E-state index is 0.181. The quantitative estimate of drug-likeness (QED) is 0.644. The van der Waals surface area contributed by atoms with E-state index in [1.807, 2.05) is 18.2 Å². The van der Waals surface area contributed by atoms with Gasteiger partial charge in [0.05, 0.1) is 5.69 Å². The first kappa shape index (κ1) is 12.0. The maximum absolute atomic E-state index is 12.0. The number of benzene rings is 1. The molecule has 0 atom stereocenters. The first-order valence-electron chi connectivity index (χ1n) is 5.46. The van der Waals surface area contributed by atoms with E-state index in [2.05, 4.69) is 10.1 Å². The number of aliphatic imine (C=N–C) groups is 1. The molecule has 0 aliphatic rings. The highest BCUT2D eigenvalue weighted by Gasteiger charge is 2.17. The highest BCUT2D eigenvalue weighted by molar-refractivity contribution is 6.09. The van der Waals surface area contributed by atoms with Gasteiger partial charge in [-0.2, -0.15) is 4.99 Å². The van der Waals surface area contributed by atoms with Crippen molar-refractivity contribution >= 4 is 11.7 Å². The van der Waals surface area contributed by atoms with Crippen molar-refractivity contribution in [2.75, 3.05) is 0 Å². The molecular formula is C13H13N3O2. The van der Waals surface area contributed by atoms with Crippen molar-refractivity contribution in [2.24, 2.45) is 10.7 Å². The molecule has 0 aliphatic heterocycles. The molecule has 0 aliphatic carbocycles. The van der Waals surface area contributed by atoms with E-state index >= 15 is 0 Å². The third-order valence-electron chi connectivity index (χ3n) is 2.54. The SMILES string of the molecule is Cc1noc(C)c1C(=O)N=C(N)c1ccccc1. The molecule has 1 heterocycles. The number of carbonyl (C=O) groups is 1. The third kappa shape index (κ3) is 2.29. The Kier molecular flexibility index (Phi) is 3.23. The summed E-state index contributed by atoms with van der Waals surface area (Å²) >= 11 is 0. The van der Waals surface area contributed by atoms with Gasteiger partial charge in [0, 0.05) is 5.56 Å². The molecule has 92 valence electrons. The minimum atomic E-state index is -0.437. The number of rotatable bonds is 2. The van der Waals surface area contributed by atoms with E-state index in [4.69, 9.17) is 10.3 Å². The van der Waals surface area contributed by atoms with E-state index in [0.717, 1.165) is 0 Å². The zero-order valence-corrected chi connectivity index (χ0v) is 10.2. The molecule has 0 unspecified atom stereocenters. The van der Waals surface area contributed by atoms with Crippen molar-refractivity contribution in [2.45, 2.75) is 13.8 Å². The van der Waals surface area contributed by atoms with E-state index < -0.39 is 5.91 Å². The molecule has 0 bridgehead atoms. The van der Waals surface area contributed by atoms with E-state index in [1.165, 1.54) is 0 Å². The highest BCUT2D eigenvalue weighted by Crippen LogP contribution is 2.13. The van der Waals surface area contributed by atoms with Gasteiger partial charge in [-0.05, 0) is 13.8 Å². The van der Waals surface area contributed by atoms with Gasteiger partial charge in [-0.3, -0.25) is 4.79 Å². The van der Waals surface area contributed by atoms with Crippen molar-refractivity contribution < 1.29 is 9.32 Å². The van der Waals surface area contributed by atoms with Crippen LogP contribution in [0.5, 0.6) is 0 Å². The number of hydrogen-bond donors (Lipinski definition) is 1. The highest BCUT2D eigenvalue weighted by atomic mass is 16.5. The van der Waals surface area contributed by atoms with Crippen LogP contribution in [0.3, 0.4) is 0 Å². The van der Waals surface area contributed by atoms with Gasteiger partial charge in [-0.25, -0.2) is 0 Å². The number of aryl methyl sites for hydroxylation is 2. The summed E-state index contributed by atoms with van der Waals surface area (Å²) in [4.78, 5) is 15.8. The Hall–Kier alpha value is -2.43. The maximum Gasteiger partial charge on any atom is 0.284 e. The van der Waals surface area contributed by atoms with E-state index in [1.54, 1.807) is 26.0 Å². The van der Waals surface area contributed by atoms with Crippen molar-refractivity contribution in [1.82, 2.24) is 5.16 Å². The van der Waals surface area contributed by atoms with E-state index in [-0.39, 0.29) is 5.84 Å². The molecule has 5 nitrogen and oxygen atoms in total. The second-order valence-corrected chi connectivity index (χ2v) is 3.87. The summed E-state index contributed by atoms with van der Waals surface area (Å²) in [6.45, 7) is 3.36. The monoisotopic (exact) mass is 243 g/mol. The summed E-state index contributed by atoms with van der Waals surface area (Å²) < 4.78 is 4.92. The first-order chi connectivity index (χ1) is 8.59. The molecule has 0 fully saturated rings. The zero-order chi connectivity index (χ0) is 13.1. The first-order valence-corrected chi connectivity index (χ1v) is 5.46. The summed E-state index contributed by atoms with van der Waals surface area (Å²) in [5.41, 5.74) is 7.37. The number of amidine groups is 1. The fourth-order valence-corrected chi connectivity index (χ4v) is 1.63. The topological polar surface area (TPSA) is 81.5 Å². The van der Waals surface area contributed by atoms with Crippen LogP contribution < -0.4 is 5.73 Å². The lowest BCUT2D eigenvalue weighted by Crippen LogP contribution is -2.16. The van der Waals surface area contributed by atoms with Crippen LogP contribution in [0.1, 0.15) is 27.4 Å². The summed E-state index contributed by atoms with van der Waals surface area (Å²) in [5, 5.41) is 3.71. The van der Waals surface area contributed by atoms with Crippen LogP contribution >= 0.6 is 0 Å². The molecule has 0 radical (unpaired) electrons. The Morgan fingerprint density at radius 2 is 1.94 bits per heavy atom. The van der Waals surface area contributed by atoms with Crippen LogP contribution in [0, 0.1) is 13.8 Å². The van der Waals surface area contributed by atoms with E-state index in [9.17, 15) is 4.79 Å². The van der Waals surface area contributed by atoms with Crippen molar-refractivity contribution in [3.63, 3.8) is 0 Å². The third-order valence-corrected chi connectivity index (χ3v) is 2.54. The number of carbonyl (C=O) groups excluding carboxylic acids is 1. The second-order valence-electron chi connectivity index (χ2n) is 3.87. The van der Waals surface area contributed by atoms with Crippen LogP contribution in [0.2, 0.25) is 0 Å². The molecule has 2 aromatic rings. The normalized spacial score (nSPS) is 11.6. The number of nitrogens with zero attached hydrogens (tertiary/aromatic N) is 2. The molecule has 2 rings (SSSR count). The van der Waals surface area contributed by atoms with Gasteiger partial charge in [-0.1, -0.05) is 35.5 Å². The Morgan fingerprint density at radius 1 is 1.28 bits per heavy atom. The molecule has 1 aromatic carbocycles. The van der Waals surface area contributed by atoms with Gasteiger partial charge < -0.3 is 10.3 Å². The number of aromatic nitrogens is 1. The second kappa shape index (κ2) is 4.83. The number of hydrogen-bond acceptors (Lipinski definition) is 3. The smallest absolute Gasteiger partial charge is 0.284 e. The molecule has 2 N–H and O–H groups in total. The molecule has 1 amide bonds. The summed E-state index contributed by atoms with van der Waals surface area (Å²) in [7, 11) is 0. The van der Waals surface area contributed by atoms with Crippen molar-refractivity contribution in [3.8, 4) is 0 Å². The average molecular weight is 243 g/mol. The number of amides is 1. The van der Waals surface area contributed by atoms with E-state index in [0.29, 0.717) is 22.6 Å². The molecule has 1 aromatic heterocycles. The molecule has 18 heavy (non-hydrogen) atoms. The van der Waals surface area contributed by atoms with Gasteiger partial charge in [0.1, 0.15) is 17.2 Å². The van der Waals surface area contributed by atoms with Gasteiger partial charge in [0.2, 0.25) is 0 Å². The van der Waals surface area contributed by atoms with Crippen molar-refractivity contribution in [1.29, 1.82) is 0 Å². The minimum Gasteiger partial charge on any atom is -0.383 e.